The molecular formula is C25H36N8O7S. The molecule has 1 heterocycles. The van der Waals surface area contributed by atoms with Gasteiger partial charge in [0.2, 0.25) is 17.7 Å². The van der Waals surface area contributed by atoms with Gasteiger partial charge in [-0.3, -0.25) is 24.2 Å². The maximum Gasteiger partial charge on any atom is 0.327 e. The molecule has 2 aromatic rings. The van der Waals surface area contributed by atoms with Crippen molar-refractivity contribution in [1.29, 1.82) is 0 Å². The number of para-hydroxylation sites is 1. The van der Waals surface area contributed by atoms with Crippen LogP contribution in [0.15, 0.2) is 35.5 Å². The molecule has 0 saturated heterocycles. The summed E-state index contributed by atoms with van der Waals surface area (Å²) < 4.78 is 0. The Labute approximate surface area is 241 Å². The van der Waals surface area contributed by atoms with E-state index < -0.39 is 60.2 Å². The number of aromatic amines is 1. The number of hydrogen-bond donors (Lipinski definition) is 10. The lowest BCUT2D eigenvalue weighted by Crippen LogP contribution is -2.57. The maximum atomic E-state index is 13.2. The summed E-state index contributed by atoms with van der Waals surface area (Å²) in [6, 6.07) is 2.45. The molecule has 3 amide bonds. The molecule has 0 aliphatic heterocycles. The number of nitrogens with zero attached hydrogens (tertiary/aromatic N) is 1. The highest BCUT2D eigenvalue weighted by Gasteiger charge is 2.30. The molecule has 12 N–H and O–H groups in total. The van der Waals surface area contributed by atoms with E-state index in [9.17, 15) is 29.1 Å². The minimum Gasteiger partial charge on any atom is -0.481 e. The number of H-pyrrole nitrogens is 1. The summed E-state index contributed by atoms with van der Waals surface area (Å²) in [4.78, 5) is 68.5. The molecule has 1 aromatic heterocycles. The predicted molar refractivity (Wildman–Crippen MR) is 154 cm³/mol. The van der Waals surface area contributed by atoms with Gasteiger partial charge in [0, 0.05) is 35.8 Å². The summed E-state index contributed by atoms with van der Waals surface area (Å²) in [5.41, 5.74) is 18.4. The van der Waals surface area contributed by atoms with Crippen LogP contribution in [0.4, 0.5) is 0 Å². The monoisotopic (exact) mass is 592 g/mol. The number of aliphatic imine (C=N–C) groups is 1. The van der Waals surface area contributed by atoms with Gasteiger partial charge in [-0.05, 0) is 37.3 Å². The molecule has 4 unspecified atom stereocenters. The third kappa shape index (κ3) is 10.6. The van der Waals surface area contributed by atoms with E-state index in [4.69, 9.17) is 22.3 Å². The summed E-state index contributed by atoms with van der Waals surface area (Å²) in [5, 5.41) is 26.6. The van der Waals surface area contributed by atoms with Gasteiger partial charge in [0.25, 0.3) is 0 Å². The van der Waals surface area contributed by atoms with Gasteiger partial charge in [0.05, 0.1) is 6.04 Å². The fraction of sp³-hybridized carbons (Fsp3) is 0.440. The van der Waals surface area contributed by atoms with Crippen LogP contribution in [0.1, 0.15) is 31.2 Å². The average molecular weight is 593 g/mol. The third-order valence-electron chi connectivity index (χ3n) is 6.11. The van der Waals surface area contributed by atoms with Crippen molar-refractivity contribution < 1.29 is 34.2 Å². The highest BCUT2D eigenvalue weighted by molar-refractivity contribution is 7.80. The standard InChI is InChI=1S/C25H36N8O7S/c26-15(10-13-11-30-16-5-2-1-4-14(13)16)21(36)31-18(7-8-20(34)35)23(38)32-17(6-3-9-29-25(27)28)22(37)33-19(12-41)24(39)40/h1-2,4-5,11,15,17-19,30,41H,3,6-10,12,26H2,(H,31,36)(H,32,38)(H,33,37)(H,34,35)(H,39,40)(H4,27,28,29). The number of guanidine groups is 1. The van der Waals surface area contributed by atoms with Crippen molar-refractivity contribution in [3.8, 4) is 0 Å². The van der Waals surface area contributed by atoms with Gasteiger partial charge in [-0.2, -0.15) is 12.6 Å². The number of aliphatic carboxylic acids is 2. The second-order valence-corrected chi connectivity index (χ2v) is 9.62. The highest BCUT2D eigenvalue weighted by atomic mass is 32.1. The van der Waals surface area contributed by atoms with E-state index in [2.05, 4.69) is 38.6 Å². The van der Waals surface area contributed by atoms with Gasteiger partial charge in [-0.25, -0.2) is 4.79 Å². The van der Waals surface area contributed by atoms with E-state index in [1.54, 1.807) is 6.20 Å². The number of carbonyl (C=O) groups is 5. The van der Waals surface area contributed by atoms with Gasteiger partial charge in [0.1, 0.15) is 18.1 Å². The molecule has 0 fully saturated rings. The van der Waals surface area contributed by atoms with Gasteiger partial charge >= 0.3 is 11.9 Å². The molecule has 15 nitrogen and oxygen atoms in total. The van der Waals surface area contributed by atoms with Crippen LogP contribution in [-0.4, -0.2) is 87.3 Å². The molecule has 41 heavy (non-hydrogen) atoms. The van der Waals surface area contributed by atoms with Crippen molar-refractivity contribution in [1.82, 2.24) is 20.9 Å². The van der Waals surface area contributed by atoms with Crippen molar-refractivity contribution >= 4 is 59.2 Å². The van der Waals surface area contributed by atoms with E-state index in [-0.39, 0.29) is 43.9 Å². The van der Waals surface area contributed by atoms with E-state index in [0.29, 0.717) is 0 Å². The molecule has 0 aliphatic rings. The van der Waals surface area contributed by atoms with Crippen LogP contribution in [0, 0.1) is 0 Å². The Hall–Kier alpha value is -4.31. The first-order chi connectivity index (χ1) is 19.4. The molecule has 224 valence electrons. The Bertz CT molecular complexity index is 1260. The molecule has 0 radical (unpaired) electrons. The molecular weight excluding hydrogens is 556 g/mol. The number of carboxylic acids is 2. The minimum atomic E-state index is -1.35. The fourth-order valence-corrected chi connectivity index (χ4v) is 4.20. The van der Waals surface area contributed by atoms with Gasteiger partial charge in [-0.15, -0.1) is 0 Å². The van der Waals surface area contributed by atoms with Crippen LogP contribution in [0.25, 0.3) is 10.9 Å². The van der Waals surface area contributed by atoms with Crippen molar-refractivity contribution in [2.24, 2.45) is 22.2 Å². The van der Waals surface area contributed by atoms with E-state index in [0.717, 1.165) is 16.5 Å². The van der Waals surface area contributed by atoms with Crippen LogP contribution in [-0.2, 0) is 30.4 Å². The Balaban J connectivity index is 2.16. The molecule has 0 spiro atoms. The lowest BCUT2D eigenvalue weighted by atomic mass is 10.0. The second-order valence-electron chi connectivity index (χ2n) is 9.26. The van der Waals surface area contributed by atoms with Crippen LogP contribution in [0.3, 0.4) is 0 Å². The van der Waals surface area contributed by atoms with E-state index in [1.165, 1.54) is 0 Å². The van der Waals surface area contributed by atoms with E-state index in [1.807, 2.05) is 24.3 Å². The first-order valence-electron chi connectivity index (χ1n) is 12.8. The van der Waals surface area contributed by atoms with Gasteiger partial charge < -0.3 is 48.3 Å². The SMILES string of the molecule is NC(N)=NCCCC(NC(=O)C(CCC(=O)O)NC(=O)C(N)Cc1c[nH]c2ccccc12)C(=O)NC(CS)C(=O)O. The van der Waals surface area contributed by atoms with Crippen molar-refractivity contribution in [3.05, 3.63) is 36.0 Å². The quantitative estimate of drug-likeness (QED) is 0.0436. The fourth-order valence-electron chi connectivity index (χ4n) is 3.95. The molecule has 16 heteroatoms. The summed E-state index contributed by atoms with van der Waals surface area (Å²) in [6.07, 6.45) is 1.36. The van der Waals surface area contributed by atoms with Crippen molar-refractivity contribution in [2.45, 2.75) is 56.3 Å². The molecule has 1 aromatic carbocycles. The minimum absolute atomic E-state index is 0.00688. The van der Waals surface area contributed by atoms with Crippen LogP contribution in [0.2, 0.25) is 0 Å². The number of rotatable bonds is 17. The van der Waals surface area contributed by atoms with E-state index >= 15 is 0 Å². The number of benzene rings is 1. The summed E-state index contributed by atoms with van der Waals surface area (Å²) >= 11 is 3.92. The number of fused-ring (bicyclic) bond motifs is 1. The summed E-state index contributed by atoms with van der Waals surface area (Å²) in [5.74, 6) is -5.27. The molecule has 4 atom stereocenters. The Morgan fingerprint density at radius 1 is 0.927 bits per heavy atom. The summed E-state index contributed by atoms with van der Waals surface area (Å²) in [6.45, 7) is 0.124. The number of aromatic nitrogens is 1. The Morgan fingerprint density at radius 3 is 2.15 bits per heavy atom. The molecule has 0 aliphatic carbocycles. The number of nitrogens with two attached hydrogens (primary N) is 3. The first-order valence-corrected chi connectivity index (χ1v) is 13.4. The Morgan fingerprint density at radius 2 is 1.54 bits per heavy atom. The first kappa shape index (κ1) is 32.9. The van der Waals surface area contributed by atoms with Crippen LogP contribution in [0.5, 0.6) is 0 Å². The zero-order valence-corrected chi connectivity index (χ0v) is 23.1. The van der Waals surface area contributed by atoms with Crippen LogP contribution < -0.4 is 33.2 Å². The predicted octanol–water partition coefficient (Wildman–Crippen LogP) is -1.58. The molecule has 2 rings (SSSR count). The number of carboxylic acid groups (broad SMARTS) is 2. The number of carbonyl (C=O) groups excluding carboxylic acids is 3. The number of amides is 3. The van der Waals surface area contributed by atoms with Crippen molar-refractivity contribution in [2.75, 3.05) is 12.3 Å². The summed E-state index contributed by atoms with van der Waals surface area (Å²) in [7, 11) is 0. The zero-order valence-electron chi connectivity index (χ0n) is 22.2. The van der Waals surface area contributed by atoms with Crippen LogP contribution >= 0.6 is 12.6 Å². The average Bonchev–Trinajstić information content (AvgIpc) is 3.32. The lowest BCUT2D eigenvalue weighted by Gasteiger charge is -2.25. The molecule has 0 saturated carbocycles. The number of hydrogen-bond acceptors (Lipinski definition) is 8. The largest absolute Gasteiger partial charge is 0.481 e. The maximum absolute atomic E-state index is 13.2. The smallest absolute Gasteiger partial charge is 0.327 e. The third-order valence-corrected chi connectivity index (χ3v) is 6.47. The normalized spacial score (nSPS) is 13.8. The van der Waals surface area contributed by atoms with Gasteiger partial charge in [-0.1, -0.05) is 18.2 Å². The lowest BCUT2D eigenvalue weighted by molar-refractivity contribution is -0.141. The molecule has 0 bridgehead atoms. The topological polar surface area (TPSA) is 268 Å². The second kappa shape index (κ2) is 16.1. The van der Waals surface area contributed by atoms with Crippen molar-refractivity contribution in [3.63, 3.8) is 0 Å². The number of nitrogens with one attached hydrogen (secondary N) is 4. The van der Waals surface area contributed by atoms with Gasteiger partial charge in [0.15, 0.2) is 5.96 Å². The number of thiol groups is 1. The Kier molecular flexibility index (Phi) is 12.9. The highest BCUT2D eigenvalue weighted by Crippen LogP contribution is 2.19. The zero-order chi connectivity index (χ0) is 30.5.